The largest absolute Gasteiger partial charge is 0.491 e. The van der Waals surface area contributed by atoms with Crippen LogP contribution in [0.15, 0.2) is 24.3 Å². The Bertz CT molecular complexity index is 427. The second kappa shape index (κ2) is 7.81. The summed E-state index contributed by atoms with van der Waals surface area (Å²) in [5.41, 5.74) is 1.66. The smallest absolute Gasteiger partial charge is 0.124 e. The average Bonchev–Trinajstić information content (AvgIpc) is 3.00. The predicted octanol–water partition coefficient (Wildman–Crippen LogP) is 3.94. The highest BCUT2D eigenvalue weighted by Gasteiger charge is 2.40. The normalized spacial score (nSPS) is 18.6. The minimum absolute atomic E-state index is 0.365. The Morgan fingerprint density at radius 2 is 1.90 bits per heavy atom. The van der Waals surface area contributed by atoms with Crippen LogP contribution < -0.4 is 10.1 Å². The fourth-order valence-corrected chi connectivity index (χ4v) is 3.80. The molecular weight excluding hydrogens is 262 g/mol. The SMILES string of the molecule is CCC1(C(NC)c2ccccc2OCCOC)CCCC1. The number of benzene rings is 1. The van der Waals surface area contributed by atoms with Gasteiger partial charge in [-0.2, -0.15) is 0 Å². The van der Waals surface area contributed by atoms with Crippen LogP contribution in [0.25, 0.3) is 0 Å². The van der Waals surface area contributed by atoms with Crippen molar-refractivity contribution in [3.05, 3.63) is 29.8 Å². The predicted molar refractivity (Wildman–Crippen MR) is 86.8 cm³/mol. The molecule has 1 unspecified atom stereocenters. The Morgan fingerprint density at radius 1 is 1.19 bits per heavy atom. The van der Waals surface area contributed by atoms with Crippen molar-refractivity contribution in [3.63, 3.8) is 0 Å². The minimum atomic E-state index is 0.365. The van der Waals surface area contributed by atoms with Crippen LogP contribution in [0.1, 0.15) is 50.6 Å². The van der Waals surface area contributed by atoms with E-state index in [-0.39, 0.29) is 0 Å². The van der Waals surface area contributed by atoms with Crippen LogP contribution in [0.4, 0.5) is 0 Å². The zero-order valence-electron chi connectivity index (χ0n) is 13.7. The summed E-state index contributed by atoms with van der Waals surface area (Å²) in [5.74, 6) is 0.994. The van der Waals surface area contributed by atoms with Gasteiger partial charge in [-0.05, 0) is 37.8 Å². The van der Waals surface area contributed by atoms with Gasteiger partial charge < -0.3 is 14.8 Å². The quantitative estimate of drug-likeness (QED) is 0.736. The Kier molecular flexibility index (Phi) is 6.07. The topological polar surface area (TPSA) is 30.5 Å². The van der Waals surface area contributed by atoms with E-state index in [1.807, 2.05) is 6.07 Å². The summed E-state index contributed by atoms with van der Waals surface area (Å²) in [7, 11) is 3.78. The van der Waals surface area contributed by atoms with Gasteiger partial charge >= 0.3 is 0 Å². The first-order valence-corrected chi connectivity index (χ1v) is 8.15. The lowest BCUT2D eigenvalue weighted by Crippen LogP contribution is -2.34. The first-order valence-electron chi connectivity index (χ1n) is 8.15. The summed E-state index contributed by atoms with van der Waals surface area (Å²) in [6.45, 7) is 3.55. The highest BCUT2D eigenvalue weighted by molar-refractivity contribution is 5.37. The number of hydrogen-bond donors (Lipinski definition) is 1. The van der Waals surface area contributed by atoms with Crippen LogP contribution in [0.2, 0.25) is 0 Å². The maximum absolute atomic E-state index is 5.94. The van der Waals surface area contributed by atoms with Crippen molar-refractivity contribution >= 4 is 0 Å². The first kappa shape index (κ1) is 16.3. The molecule has 0 amide bonds. The lowest BCUT2D eigenvalue weighted by Gasteiger charge is -2.38. The average molecular weight is 291 g/mol. The van der Waals surface area contributed by atoms with E-state index in [4.69, 9.17) is 9.47 Å². The second-order valence-corrected chi connectivity index (χ2v) is 6.02. The molecule has 1 fully saturated rings. The summed E-state index contributed by atoms with van der Waals surface area (Å²) in [5, 5.41) is 3.57. The van der Waals surface area contributed by atoms with Crippen LogP contribution in [-0.2, 0) is 4.74 Å². The lowest BCUT2D eigenvalue weighted by molar-refractivity contribution is 0.142. The molecule has 0 bridgehead atoms. The van der Waals surface area contributed by atoms with Gasteiger partial charge in [-0.15, -0.1) is 0 Å². The molecule has 0 aromatic heterocycles. The molecule has 1 aliphatic rings. The molecule has 118 valence electrons. The van der Waals surface area contributed by atoms with Gasteiger partial charge in [0.1, 0.15) is 12.4 Å². The maximum atomic E-state index is 5.94. The molecule has 1 aromatic carbocycles. The number of methoxy groups -OCH3 is 1. The van der Waals surface area contributed by atoms with Crippen molar-refractivity contribution in [1.29, 1.82) is 0 Å². The first-order chi connectivity index (χ1) is 10.3. The molecule has 21 heavy (non-hydrogen) atoms. The number of rotatable bonds is 8. The molecule has 0 spiro atoms. The Hall–Kier alpha value is -1.06. The van der Waals surface area contributed by atoms with E-state index in [2.05, 4.69) is 37.5 Å². The van der Waals surface area contributed by atoms with Crippen molar-refractivity contribution in [1.82, 2.24) is 5.32 Å². The number of hydrogen-bond acceptors (Lipinski definition) is 3. The lowest BCUT2D eigenvalue weighted by atomic mass is 9.73. The third-order valence-corrected chi connectivity index (χ3v) is 4.98. The van der Waals surface area contributed by atoms with Gasteiger partial charge in [0.15, 0.2) is 0 Å². The molecule has 1 aliphatic carbocycles. The second-order valence-electron chi connectivity index (χ2n) is 6.02. The van der Waals surface area contributed by atoms with E-state index in [9.17, 15) is 0 Å². The summed E-state index contributed by atoms with van der Waals surface area (Å²) in [6, 6.07) is 8.81. The van der Waals surface area contributed by atoms with Crippen molar-refractivity contribution in [2.45, 2.75) is 45.1 Å². The molecule has 0 radical (unpaired) electrons. The van der Waals surface area contributed by atoms with E-state index >= 15 is 0 Å². The van der Waals surface area contributed by atoms with E-state index in [1.165, 1.54) is 37.7 Å². The third kappa shape index (κ3) is 3.58. The van der Waals surface area contributed by atoms with E-state index < -0.39 is 0 Å². The molecule has 1 saturated carbocycles. The molecule has 0 saturated heterocycles. The van der Waals surface area contributed by atoms with E-state index in [1.54, 1.807) is 7.11 Å². The van der Waals surface area contributed by atoms with E-state index in [0.29, 0.717) is 24.7 Å². The molecule has 0 aliphatic heterocycles. The van der Waals surface area contributed by atoms with Crippen molar-refractivity contribution in [2.24, 2.45) is 5.41 Å². The van der Waals surface area contributed by atoms with Gasteiger partial charge in [0.25, 0.3) is 0 Å². The molecule has 3 heteroatoms. The Labute approximate surface area is 129 Å². The van der Waals surface area contributed by atoms with Gasteiger partial charge in [0.05, 0.1) is 6.61 Å². The van der Waals surface area contributed by atoms with Crippen LogP contribution in [-0.4, -0.2) is 27.4 Å². The highest BCUT2D eigenvalue weighted by atomic mass is 16.5. The van der Waals surface area contributed by atoms with Gasteiger partial charge in [-0.25, -0.2) is 0 Å². The number of nitrogens with one attached hydrogen (secondary N) is 1. The standard InChI is InChI=1S/C18H29NO2/c1-4-18(11-7-8-12-18)17(19-2)15-9-5-6-10-16(15)21-14-13-20-3/h5-6,9-10,17,19H,4,7-8,11-14H2,1-3H3. The molecule has 1 atom stereocenters. The zero-order chi connectivity index (χ0) is 15.1. The van der Waals surface area contributed by atoms with Crippen LogP contribution >= 0.6 is 0 Å². The number of para-hydroxylation sites is 1. The molecule has 1 aromatic rings. The summed E-state index contributed by atoms with van der Waals surface area (Å²) in [4.78, 5) is 0. The Morgan fingerprint density at radius 3 is 2.52 bits per heavy atom. The highest BCUT2D eigenvalue weighted by Crippen LogP contribution is 2.51. The van der Waals surface area contributed by atoms with Gasteiger partial charge in [0.2, 0.25) is 0 Å². The minimum Gasteiger partial charge on any atom is -0.491 e. The zero-order valence-corrected chi connectivity index (χ0v) is 13.7. The van der Waals surface area contributed by atoms with Gasteiger partial charge in [-0.3, -0.25) is 0 Å². The summed E-state index contributed by atoms with van der Waals surface area (Å²) < 4.78 is 11.0. The van der Waals surface area contributed by atoms with Crippen LogP contribution in [0, 0.1) is 5.41 Å². The van der Waals surface area contributed by atoms with Crippen LogP contribution in [0.3, 0.4) is 0 Å². The maximum Gasteiger partial charge on any atom is 0.124 e. The monoisotopic (exact) mass is 291 g/mol. The van der Waals surface area contributed by atoms with Gasteiger partial charge in [-0.1, -0.05) is 38.0 Å². The fraction of sp³-hybridized carbons (Fsp3) is 0.667. The van der Waals surface area contributed by atoms with Crippen LogP contribution in [0.5, 0.6) is 5.75 Å². The van der Waals surface area contributed by atoms with E-state index in [0.717, 1.165) is 5.75 Å². The molecule has 3 nitrogen and oxygen atoms in total. The molecular formula is C18H29NO2. The number of ether oxygens (including phenoxy) is 2. The summed E-state index contributed by atoms with van der Waals surface area (Å²) in [6.07, 6.45) is 6.52. The van der Waals surface area contributed by atoms with Gasteiger partial charge in [0, 0.05) is 18.7 Å². The molecule has 1 N–H and O–H groups in total. The molecule has 0 heterocycles. The third-order valence-electron chi connectivity index (χ3n) is 4.98. The van der Waals surface area contributed by atoms with Crippen molar-refractivity contribution < 1.29 is 9.47 Å². The van der Waals surface area contributed by atoms with Crippen molar-refractivity contribution in [2.75, 3.05) is 27.4 Å². The Balaban J connectivity index is 2.25. The van der Waals surface area contributed by atoms with Crippen molar-refractivity contribution in [3.8, 4) is 5.75 Å². The molecule has 2 rings (SSSR count). The summed E-state index contributed by atoms with van der Waals surface area (Å²) >= 11 is 0. The fourth-order valence-electron chi connectivity index (χ4n) is 3.80.